The number of benzene rings is 1. The number of imide groups is 1. The predicted molar refractivity (Wildman–Crippen MR) is 94.3 cm³/mol. The fourth-order valence-corrected chi connectivity index (χ4v) is 3.14. The molecule has 0 bridgehead atoms. The van der Waals surface area contributed by atoms with Crippen molar-refractivity contribution in [2.75, 3.05) is 6.54 Å². The van der Waals surface area contributed by atoms with Gasteiger partial charge in [-0.15, -0.1) is 0 Å². The fourth-order valence-electron chi connectivity index (χ4n) is 2.75. The maximum atomic E-state index is 12.8. The third-order valence-corrected chi connectivity index (χ3v) is 4.82. The van der Waals surface area contributed by atoms with E-state index in [2.05, 4.69) is 26.6 Å². The summed E-state index contributed by atoms with van der Waals surface area (Å²) in [6.45, 7) is 5.33. The molecule has 0 saturated carbocycles. The molecule has 130 valence electrons. The molecule has 2 N–H and O–H groups in total. The van der Waals surface area contributed by atoms with E-state index in [1.54, 1.807) is 25.1 Å². The summed E-state index contributed by atoms with van der Waals surface area (Å²) >= 11 is 3.37. The van der Waals surface area contributed by atoms with Crippen LogP contribution in [0.4, 0.5) is 4.79 Å². The summed E-state index contributed by atoms with van der Waals surface area (Å²) in [6, 6.07) is 6.70. The summed E-state index contributed by atoms with van der Waals surface area (Å²) in [5, 5.41) is 5.54. The minimum atomic E-state index is -1.17. The lowest BCUT2D eigenvalue weighted by molar-refractivity contribution is -0.135. The summed E-state index contributed by atoms with van der Waals surface area (Å²) in [7, 11) is 0. The van der Waals surface area contributed by atoms with Crippen LogP contribution in [0.1, 0.15) is 39.2 Å². The van der Waals surface area contributed by atoms with Gasteiger partial charge in [0.15, 0.2) is 0 Å². The molecule has 1 aromatic carbocycles. The first-order valence-corrected chi connectivity index (χ1v) is 8.80. The first-order chi connectivity index (χ1) is 11.3. The third-order valence-electron chi connectivity index (χ3n) is 4.33. The quantitative estimate of drug-likeness (QED) is 0.726. The van der Waals surface area contributed by atoms with Gasteiger partial charge < -0.3 is 10.6 Å². The van der Waals surface area contributed by atoms with E-state index in [0.29, 0.717) is 5.56 Å². The predicted octanol–water partition coefficient (Wildman–Crippen LogP) is 2.52. The van der Waals surface area contributed by atoms with E-state index in [4.69, 9.17) is 0 Å². The molecule has 0 aromatic heterocycles. The van der Waals surface area contributed by atoms with Gasteiger partial charge in [0, 0.05) is 10.5 Å². The molecule has 1 fully saturated rings. The summed E-state index contributed by atoms with van der Waals surface area (Å²) < 4.78 is 0.813. The van der Waals surface area contributed by atoms with Crippen LogP contribution in [0.15, 0.2) is 28.7 Å². The highest BCUT2D eigenvalue weighted by molar-refractivity contribution is 9.10. The minimum absolute atomic E-state index is 0.0507. The lowest BCUT2D eigenvalue weighted by Gasteiger charge is -2.22. The molecule has 7 heteroatoms. The molecule has 1 aliphatic heterocycles. The van der Waals surface area contributed by atoms with E-state index in [-0.39, 0.29) is 18.5 Å². The van der Waals surface area contributed by atoms with Crippen molar-refractivity contribution in [2.24, 2.45) is 0 Å². The zero-order valence-corrected chi connectivity index (χ0v) is 15.6. The Morgan fingerprint density at radius 2 is 2.00 bits per heavy atom. The maximum Gasteiger partial charge on any atom is 0.325 e. The monoisotopic (exact) mass is 395 g/mol. The Morgan fingerprint density at radius 1 is 1.33 bits per heavy atom. The van der Waals surface area contributed by atoms with Gasteiger partial charge in [0.2, 0.25) is 5.91 Å². The molecule has 0 unspecified atom stereocenters. The van der Waals surface area contributed by atoms with E-state index in [9.17, 15) is 14.4 Å². The van der Waals surface area contributed by atoms with Gasteiger partial charge in [0.25, 0.3) is 5.91 Å². The van der Waals surface area contributed by atoms with Crippen LogP contribution in [0, 0.1) is 0 Å². The number of carbonyl (C=O) groups excluding carboxylic acids is 3. The molecule has 0 spiro atoms. The number of urea groups is 1. The first-order valence-electron chi connectivity index (χ1n) is 8.01. The number of rotatable bonds is 6. The molecule has 1 atom stereocenters. The van der Waals surface area contributed by atoms with Gasteiger partial charge >= 0.3 is 6.03 Å². The molecule has 4 amide bonds. The Hall–Kier alpha value is -1.89. The molecular formula is C17H22BrN3O3. The molecule has 6 nitrogen and oxygen atoms in total. The van der Waals surface area contributed by atoms with Gasteiger partial charge in [-0.1, -0.05) is 41.9 Å². The van der Waals surface area contributed by atoms with Crippen LogP contribution < -0.4 is 10.6 Å². The average Bonchev–Trinajstić information content (AvgIpc) is 2.77. The number of halogens is 1. The van der Waals surface area contributed by atoms with Crippen LogP contribution in [0.3, 0.4) is 0 Å². The highest BCUT2D eigenvalue weighted by Crippen LogP contribution is 2.30. The topological polar surface area (TPSA) is 78.5 Å². The Balaban J connectivity index is 2.15. The SMILES string of the molecule is CCC(CC)NC(=O)CN1C(=O)N[C@](C)(c2cccc(Br)c2)C1=O. The largest absolute Gasteiger partial charge is 0.352 e. The summed E-state index contributed by atoms with van der Waals surface area (Å²) in [5.41, 5.74) is -0.506. The fraction of sp³-hybridized carbons (Fsp3) is 0.471. The summed E-state index contributed by atoms with van der Waals surface area (Å²) in [4.78, 5) is 38.1. The average molecular weight is 396 g/mol. The van der Waals surface area contributed by atoms with Gasteiger partial charge in [-0.25, -0.2) is 4.79 Å². The van der Waals surface area contributed by atoms with E-state index >= 15 is 0 Å². The van der Waals surface area contributed by atoms with Crippen molar-refractivity contribution < 1.29 is 14.4 Å². The zero-order valence-electron chi connectivity index (χ0n) is 14.1. The minimum Gasteiger partial charge on any atom is -0.352 e. The smallest absolute Gasteiger partial charge is 0.325 e. The Labute approximate surface area is 150 Å². The Kier molecular flexibility index (Phi) is 5.64. The molecule has 24 heavy (non-hydrogen) atoms. The second-order valence-corrected chi connectivity index (χ2v) is 6.95. The highest BCUT2D eigenvalue weighted by Gasteiger charge is 2.49. The number of carbonyl (C=O) groups is 3. The highest BCUT2D eigenvalue weighted by atomic mass is 79.9. The molecule has 1 heterocycles. The van der Waals surface area contributed by atoms with Gasteiger partial charge in [-0.2, -0.15) is 0 Å². The molecule has 1 saturated heterocycles. The lowest BCUT2D eigenvalue weighted by atomic mass is 9.92. The van der Waals surface area contributed by atoms with Crippen molar-refractivity contribution in [3.63, 3.8) is 0 Å². The van der Waals surface area contributed by atoms with Crippen molar-refractivity contribution in [2.45, 2.75) is 45.2 Å². The third kappa shape index (κ3) is 3.61. The van der Waals surface area contributed by atoms with Crippen LogP contribution in [0.25, 0.3) is 0 Å². The maximum absolute atomic E-state index is 12.8. The van der Waals surface area contributed by atoms with Gasteiger partial charge in [-0.3, -0.25) is 14.5 Å². The van der Waals surface area contributed by atoms with Crippen LogP contribution in [0.2, 0.25) is 0 Å². The normalized spacial score (nSPS) is 20.5. The number of amides is 4. The second-order valence-electron chi connectivity index (χ2n) is 6.04. The Morgan fingerprint density at radius 3 is 2.58 bits per heavy atom. The second kappa shape index (κ2) is 7.34. The van der Waals surface area contributed by atoms with E-state index in [1.807, 2.05) is 19.9 Å². The molecule has 1 aromatic rings. The zero-order chi connectivity index (χ0) is 17.9. The molecule has 1 aliphatic rings. The van der Waals surface area contributed by atoms with Crippen LogP contribution in [-0.4, -0.2) is 35.3 Å². The lowest BCUT2D eigenvalue weighted by Crippen LogP contribution is -2.45. The number of hydrogen-bond acceptors (Lipinski definition) is 3. The Bertz CT molecular complexity index is 660. The van der Waals surface area contributed by atoms with Crippen molar-refractivity contribution in [1.29, 1.82) is 0 Å². The van der Waals surface area contributed by atoms with Crippen molar-refractivity contribution in [3.8, 4) is 0 Å². The van der Waals surface area contributed by atoms with Crippen molar-refractivity contribution in [1.82, 2.24) is 15.5 Å². The van der Waals surface area contributed by atoms with Crippen LogP contribution in [-0.2, 0) is 15.1 Å². The van der Waals surface area contributed by atoms with Gasteiger partial charge in [0.1, 0.15) is 12.1 Å². The van der Waals surface area contributed by atoms with Crippen LogP contribution >= 0.6 is 15.9 Å². The van der Waals surface area contributed by atoms with Gasteiger partial charge in [0.05, 0.1) is 0 Å². The molecular weight excluding hydrogens is 374 g/mol. The van der Waals surface area contributed by atoms with E-state index in [1.165, 1.54) is 0 Å². The number of nitrogens with one attached hydrogen (secondary N) is 2. The van der Waals surface area contributed by atoms with E-state index < -0.39 is 17.5 Å². The number of nitrogens with zero attached hydrogens (tertiary/aromatic N) is 1. The first kappa shape index (κ1) is 18.4. The van der Waals surface area contributed by atoms with Crippen molar-refractivity contribution in [3.05, 3.63) is 34.3 Å². The van der Waals surface area contributed by atoms with E-state index in [0.717, 1.165) is 22.2 Å². The van der Waals surface area contributed by atoms with Gasteiger partial charge in [-0.05, 0) is 37.5 Å². The van der Waals surface area contributed by atoms with Crippen LogP contribution in [0.5, 0.6) is 0 Å². The summed E-state index contributed by atoms with van der Waals surface area (Å²) in [5.74, 6) is -0.754. The molecule has 0 radical (unpaired) electrons. The molecule has 2 rings (SSSR count). The van der Waals surface area contributed by atoms with Crippen molar-refractivity contribution >= 4 is 33.8 Å². The molecule has 0 aliphatic carbocycles. The number of hydrogen-bond donors (Lipinski definition) is 2. The standard InChI is InChI=1S/C17H22BrN3O3/c1-4-13(5-2)19-14(22)10-21-15(23)17(3,20-16(21)24)11-7-6-8-12(18)9-11/h6-9,13H,4-5,10H2,1-3H3,(H,19,22)(H,20,24)/t17-/m1/s1. The summed E-state index contributed by atoms with van der Waals surface area (Å²) in [6.07, 6.45) is 1.61.